The molecule has 0 heterocycles. The number of hydrogen-bond acceptors (Lipinski definition) is 10. The molecule has 114 valence electrons. The number of aliphatic carboxylic acids is 4. The summed E-state index contributed by atoms with van der Waals surface area (Å²) in [5.41, 5.74) is 0. The molecule has 0 fully saturated rings. The van der Waals surface area contributed by atoms with Gasteiger partial charge in [0.05, 0.1) is 23.9 Å². The quantitative estimate of drug-likeness (QED) is 0.336. The summed E-state index contributed by atoms with van der Waals surface area (Å²) in [6.45, 7) is -3.25. The van der Waals surface area contributed by atoms with Crippen LogP contribution in [0.25, 0.3) is 0 Å². The van der Waals surface area contributed by atoms with E-state index >= 15 is 0 Å². The Balaban J connectivity index is 0. The number of carboxylic acids is 4. The molecule has 0 radical (unpaired) electrons. The van der Waals surface area contributed by atoms with Gasteiger partial charge in [0.25, 0.3) is 0 Å². The molecule has 0 aromatic rings. The first-order valence-electron chi connectivity index (χ1n) is 5.44. The van der Waals surface area contributed by atoms with Gasteiger partial charge < -0.3 is 39.6 Å². The molecule has 0 amide bonds. The van der Waals surface area contributed by atoms with Gasteiger partial charge in [-0.1, -0.05) is 0 Å². The summed E-state index contributed by atoms with van der Waals surface area (Å²) < 4.78 is 0. The molecule has 0 aliphatic heterocycles. The first-order chi connectivity index (χ1) is 9.20. The number of carboxylic acid groups (broad SMARTS) is 4. The Morgan fingerprint density at radius 3 is 0.905 bits per heavy atom. The van der Waals surface area contributed by atoms with Gasteiger partial charge in [-0.15, -0.1) is 0 Å². The zero-order valence-corrected chi connectivity index (χ0v) is 13.4. The summed E-state index contributed by atoms with van der Waals surface area (Å²) in [5.74, 6) is -6.12. The molecular formula is C10H12N2O8Zr. The minimum atomic E-state index is -1.53. The second kappa shape index (κ2) is 11.4. The van der Waals surface area contributed by atoms with Crippen molar-refractivity contribution >= 4 is 23.9 Å². The summed E-state index contributed by atoms with van der Waals surface area (Å²) in [5, 5.41) is 41.6. The van der Waals surface area contributed by atoms with Gasteiger partial charge in [-0.05, 0) is 0 Å². The van der Waals surface area contributed by atoms with Crippen molar-refractivity contribution in [1.29, 1.82) is 0 Å². The van der Waals surface area contributed by atoms with Crippen LogP contribution in [-0.2, 0) is 45.4 Å². The molecule has 0 aromatic heterocycles. The molecule has 0 bridgehead atoms. The van der Waals surface area contributed by atoms with Gasteiger partial charge in [-0.2, -0.15) is 0 Å². The van der Waals surface area contributed by atoms with Crippen LogP contribution in [0.3, 0.4) is 0 Å². The molecule has 0 saturated heterocycles. The van der Waals surface area contributed by atoms with Crippen LogP contribution in [0, 0.1) is 0 Å². The maximum Gasteiger partial charge on any atom is 4.00 e. The molecular weight excluding hydrogens is 367 g/mol. The monoisotopic (exact) mass is 378 g/mol. The van der Waals surface area contributed by atoms with E-state index in [1.807, 2.05) is 0 Å². The fourth-order valence-electron chi connectivity index (χ4n) is 1.44. The van der Waals surface area contributed by atoms with E-state index in [1.54, 1.807) is 0 Å². The topological polar surface area (TPSA) is 167 Å². The van der Waals surface area contributed by atoms with Crippen LogP contribution in [0.1, 0.15) is 0 Å². The van der Waals surface area contributed by atoms with E-state index in [-0.39, 0.29) is 39.3 Å². The Hall–Kier alpha value is -1.32. The van der Waals surface area contributed by atoms with Crippen molar-refractivity contribution in [2.75, 3.05) is 39.3 Å². The van der Waals surface area contributed by atoms with Crippen LogP contribution in [0.15, 0.2) is 0 Å². The van der Waals surface area contributed by atoms with Crippen LogP contribution in [-0.4, -0.2) is 72.9 Å². The number of rotatable bonds is 11. The average molecular weight is 379 g/mol. The summed E-state index contributed by atoms with van der Waals surface area (Å²) in [4.78, 5) is 43.4. The molecule has 0 atom stereocenters. The predicted octanol–water partition coefficient (Wildman–Crippen LogP) is -7.41. The van der Waals surface area contributed by atoms with Gasteiger partial charge in [0, 0.05) is 39.3 Å². The van der Waals surface area contributed by atoms with E-state index in [2.05, 4.69) is 0 Å². The van der Waals surface area contributed by atoms with Gasteiger partial charge in [-0.3, -0.25) is 9.80 Å². The van der Waals surface area contributed by atoms with E-state index in [0.29, 0.717) is 0 Å². The van der Waals surface area contributed by atoms with Crippen molar-refractivity contribution in [3.8, 4) is 0 Å². The van der Waals surface area contributed by atoms with Gasteiger partial charge in [-0.25, -0.2) is 0 Å². The second-order valence-electron chi connectivity index (χ2n) is 3.91. The molecule has 0 saturated carbocycles. The maximum absolute atomic E-state index is 10.4. The minimum Gasteiger partial charge on any atom is -0.549 e. The number of hydrogen-bond donors (Lipinski definition) is 0. The van der Waals surface area contributed by atoms with Crippen LogP contribution in [0.2, 0.25) is 0 Å². The van der Waals surface area contributed by atoms with Crippen molar-refractivity contribution in [2.45, 2.75) is 0 Å². The molecule has 0 aromatic carbocycles. The van der Waals surface area contributed by atoms with Crippen molar-refractivity contribution in [3.05, 3.63) is 0 Å². The second-order valence-corrected chi connectivity index (χ2v) is 3.91. The van der Waals surface area contributed by atoms with Gasteiger partial charge >= 0.3 is 26.2 Å². The van der Waals surface area contributed by atoms with E-state index in [1.165, 1.54) is 0 Å². The number of carbonyl (C=O) groups excluding carboxylic acids is 4. The van der Waals surface area contributed by atoms with E-state index in [9.17, 15) is 39.6 Å². The zero-order valence-electron chi connectivity index (χ0n) is 10.9. The largest absolute Gasteiger partial charge is 4.00 e. The molecule has 10 nitrogen and oxygen atoms in total. The summed E-state index contributed by atoms with van der Waals surface area (Å²) in [6, 6.07) is 0. The number of nitrogens with zero attached hydrogens (tertiary/aromatic N) is 2. The SMILES string of the molecule is O=C([O-])CN(CCN(CC(=O)[O-])CC(=O)[O-])CC(=O)[O-].[Zr+4]. The Labute approximate surface area is 139 Å². The van der Waals surface area contributed by atoms with Crippen molar-refractivity contribution in [1.82, 2.24) is 9.80 Å². The molecule has 0 N–H and O–H groups in total. The minimum absolute atomic E-state index is 0. The third-order valence-corrected chi connectivity index (χ3v) is 2.14. The predicted molar refractivity (Wildman–Crippen MR) is 52.9 cm³/mol. The molecule has 11 heteroatoms. The van der Waals surface area contributed by atoms with Crippen molar-refractivity contribution < 1.29 is 65.8 Å². The molecule has 0 aliphatic rings. The Kier molecular flexibility index (Phi) is 11.9. The first-order valence-corrected chi connectivity index (χ1v) is 5.44. The van der Waals surface area contributed by atoms with Gasteiger partial charge in [0.1, 0.15) is 0 Å². The summed E-state index contributed by atoms with van der Waals surface area (Å²) in [7, 11) is 0. The molecule has 0 spiro atoms. The Morgan fingerprint density at radius 1 is 0.571 bits per heavy atom. The van der Waals surface area contributed by atoms with Crippen LogP contribution in [0.4, 0.5) is 0 Å². The van der Waals surface area contributed by atoms with Crippen molar-refractivity contribution in [2.24, 2.45) is 0 Å². The van der Waals surface area contributed by atoms with E-state index in [0.717, 1.165) is 9.80 Å². The maximum atomic E-state index is 10.4. The Bertz CT molecular complexity index is 321. The third kappa shape index (κ3) is 13.4. The Morgan fingerprint density at radius 2 is 0.762 bits per heavy atom. The molecule has 0 aliphatic carbocycles. The molecule has 0 unspecified atom stereocenters. The standard InChI is InChI=1S/C10H16N2O8.Zr/c13-7(14)3-11(4-8(15)16)1-2-12(5-9(17)18)6-10(19)20;/h1-6H2,(H,13,14)(H,15,16)(H,17,18)(H,19,20);/q;+4/p-4. The van der Waals surface area contributed by atoms with Crippen LogP contribution < -0.4 is 20.4 Å². The zero-order chi connectivity index (χ0) is 15.7. The fourth-order valence-corrected chi connectivity index (χ4v) is 1.44. The smallest absolute Gasteiger partial charge is 0.549 e. The number of carbonyl (C=O) groups is 4. The fraction of sp³-hybridized carbons (Fsp3) is 0.600. The van der Waals surface area contributed by atoms with E-state index < -0.39 is 50.1 Å². The third-order valence-electron chi connectivity index (χ3n) is 2.14. The normalized spacial score (nSPS) is 10.2. The summed E-state index contributed by atoms with van der Waals surface area (Å²) in [6.07, 6.45) is 0. The van der Waals surface area contributed by atoms with Crippen LogP contribution in [0.5, 0.6) is 0 Å². The van der Waals surface area contributed by atoms with Gasteiger partial charge in [0.15, 0.2) is 0 Å². The molecule has 0 rings (SSSR count). The van der Waals surface area contributed by atoms with Crippen molar-refractivity contribution in [3.63, 3.8) is 0 Å². The van der Waals surface area contributed by atoms with Gasteiger partial charge in [0.2, 0.25) is 0 Å². The molecule has 21 heavy (non-hydrogen) atoms. The average Bonchev–Trinajstić information content (AvgIpc) is 2.22. The van der Waals surface area contributed by atoms with Crippen LogP contribution >= 0.6 is 0 Å². The first kappa shape index (κ1) is 22.0. The van der Waals surface area contributed by atoms with E-state index in [4.69, 9.17) is 0 Å². The summed E-state index contributed by atoms with van der Waals surface area (Å²) >= 11 is 0.